The predicted molar refractivity (Wildman–Crippen MR) is 53.5 cm³/mol. The molecule has 3 heteroatoms. The van der Waals surface area contributed by atoms with E-state index in [9.17, 15) is 0 Å². The van der Waals surface area contributed by atoms with Gasteiger partial charge in [-0.2, -0.15) is 4.37 Å². The lowest BCUT2D eigenvalue weighted by molar-refractivity contribution is 0.592. The molecule has 0 saturated carbocycles. The van der Waals surface area contributed by atoms with Crippen LogP contribution in [0.4, 0.5) is 0 Å². The van der Waals surface area contributed by atoms with Gasteiger partial charge in [0.1, 0.15) is 0 Å². The molecule has 1 aromatic heterocycles. The van der Waals surface area contributed by atoms with Gasteiger partial charge in [0.05, 0.1) is 5.69 Å². The topological polar surface area (TPSA) is 38.9 Å². The van der Waals surface area contributed by atoms with Gasteiger partial charge < -0.3 is 5.73 Å². The number of hydrogen-bond acceptors (Lipinski definition) is 3. The van der Waals surface area contributed by atoms with Gasteiger partial charge in [-0.05, 0) is 43.8 Å². The standard InChI is InChI=1S/C9H16N2S/c1-6(4-7(2)10)9-5-8(3)11-12-9/h5-7H,4,10H2,1-3H3. The number of aryl methyl sites for hydroxylation is 1. The lowest BCUT2D eigenvalue weighted by Crippen LogP contribution is -2.17. The van der Waals surface area contributed by atoms with Crippen molar-refractivity contribution in [2.45, 2.75) is 39.2 Å². The van der Waals surface area contributed by atoms with Crippen LogP contribution in [-0.4, -0.2) is 10.4 Å². The summed E-state index contributed by atoms with van der Waals surface area (Å²) in [4.78, 5) is 1.35. The maximum absolute atomic E-state index is 5.72. The highest BCUT2D eigenvalue weighted by Gasteiger charge is 2.10. The van der Waals surface area contributed by atoms with Crippen molar-refractivity contribution in [1.29, 1.82) is 0 Å². The molecule has 2 N–H and O–H groups in total. The van der Waals surface area contributed by atoms with E-state index in [0.29, 0.717) is 5.92 Å². The summed E-state index contributed by atoms with van der Waals surface area (Å²) in [5.41, 5.74) is 6.84. The molecule has 0 amide bonds. The Bertz CT molecular complexity index is 242. The van der Waals surface area contributed by atoms with Crippen molar-refractivity contribution < 1.29 is 0 Å². The molecule has 0 spiro atoms. The van der Waals surface area contributed by atoms with E-state index >= 15 is 0 Å². The van der Waals surface area contributed by atoms with Gasteiger partial charge in [-0.25, -0.2) is 0 Å². The van der Waals surface area contributed by atoms with Gasteiger partial charge in [-0.1, -0.05) is 6.92 Å². The number of rotatable bonds is 3. The smallest absolute Gasteiger partial charge is 0.0514 e. The normalized spacial score (nSPS) is 16.0. The predicted octanol–water partition coefficient (Wildman–Crippen LogP) is 2.29. The van der Waals surface area contributed by atoms with Gasteiger partial charge in [0.25, 0.3) is 0 Å². The molecule has 0 fully saturated rings. The molecule has 0 saturated heterocycles. The summed E-state index contributed by atoms with van der Waals surface area (Å²) in [6, 6.07) is 2.43. The van der Waals surface area contributed by atoms with Crippen LogP contribution in [-0.2, 0) is 0 Å². The quantitative estimate of drug-likeness (QED) is 0.782. The molecule has 1 heterocycles. The van der Waals surface area contributed by atoms with Crippen molar-refractivity contribution in [3.8, 4) is 0 Å². The fraction of sp³-hybridized carbons (Fsp3) is 0.667. The van der Waals surface area contributed by atoms with E-state index in [4.69, 9.17) is 5.73 Å². The molecule has 0 aromatic carbocycles. The zero-order valence-corrected chi connectivity index (χ0v) is 8.69. The van der Waals surface area contributed by atoms with E-state index in [1.54, 1.807) is 11.5 Å². The Hall–Kier alpha value is -0.410. The third kappa shape index (κ3) is 2.57. The van der Waals surface area contributed by atoms with Gasteiger partial charge in [0, 0.05) is 10.9 Å². The van der Waals surface area contributed by atoms with Gasteiger partial charge in [0.15, 0.2) is 0 Å². The molecule has 0 aliphatic heterocycles. The Kier molecular flexibility index (Phi) is 3.23. The van der Waals surface area contributed by atoms with E-state index in [2.05, 4.69) is 17.4 Å². The second-order valence-electron chi connectivity index (χ2n) is 3.48. The third-order valence-corrected chi connectivity index (χ3v) is 2.97. The number of nitrogens with zero attached hydrogens (tertiary/aromatic N) is 1. The molecule has 1 aromatic rings. The average Bonchev–Trinajstić information content (AvgIpc) is 2.34. The minimum absolute atomic E-state index is 0.280. The zero-order valence-electron chi connectivity index (χ0n) is 7.87. The molecule has 0 radical (unpaired) electrons. The van der Waals surface area contributed by atoms with Gasteiger partial charge >= 0.3 is 0 Å². The van der Waals surface area contributed by atoms with Crippen molar-refractivity contribution in [3.63, 3.8) is 0 Å². The van der Waals surface area contributed by atoms with Crippen molar-refractivity contribution in [3.05, 3.63) is 16.6 Å². The number of nitrogens with two attached hydrogens (primary N) is 1. The molecule has 2 unspecified atom stereocenters. The molecule has 0 bridgehead atoms. The molecule has 1 rings (SSSR count). The Labute approximate surface area is 78.0 Å². The first-order valence-electron chi connectivity index (χ1n) is 4.28. The summed E-state index contributed by atoms with van der Waals surface area (Å²) in [6.07, 6.45) is 1.04. The summed E-state index contributed by atoms with van der Waals surface area (Å²) in [5.74, 6) is 0.552. The molecule has 2 nitrogen and oxygen atoms in total. The fourth-order valence-electron chi connectivity index (χ4n) is 1.29. The first-order valence-corrected chi connectivity index (χ1v) is 5.05. The minimum Gasteiger partial charge on any atom is -0.328 e. The molecular formula is C9H16N2S. The Morgan fingerprint density at radius 2 is 2.25 bits per heavy atom. The lowest BCUT2D eigenvalue weighted by Gasteiger charge is -2.10. The van der Waals surface area contributed by atoms with Crippen LogP contribution < -0.4 is 5.73 Å². The van der Waals surface area contributed by atoms with Crippen LogP contribution in [0.5, 0.6) is 0 Å². The number of aromatic nitrogens is 1. The molecule has 2 atom stereocenters. The SMILES string of the molecule is Cc1cc(C(C)CC(C)N)sn1. The van der Waals surface area contributed by atoms with Crippen LogP contribution in [0.1, 0.15) is 36.8 Å². The van der Waals surface area contributed by atoms with Gasteiger partial charge in [0.2, 0.25) is 0 Å². The van der Waals surface area contributed by atoms with Crippen molar-refractivity contribution in [1.82, 2.24) is 4.37 Å². The van der Waals surface area contributed by atoms with E-state index in [1.165, 1.54) is 4.88 Å². The molecular weight excluding hydrogens is 168 g/mol. The monoisotopic (exact) mass is 184 g/mol. The Balaban J connectivity index is 2.58. The molecule has 68 valence electrons. The number of hydrogen-bond donors (Lipinski definition) is 1. The molecule has 0 aliphatic rings. The minimum atomic E-state index is 0.280. The summed E-state index contributed by atoms with van der Waals surface area (Å²) >= 11 is 1.59. The van der Waals surface area contributed by atoms with Crippen molar-refractivity contribution in [2.24, 2.45) is 5.73 Å². The van der Waals surface area contributed by atoms with Gasteiger partial charge in [-0.3, -0.25) is 0 Å². The maximum atomic E-state index is 5.72. The first kappa shape index (κ1) is 9.68. The highest BCUT2D eigenvalue weighted by molar-refractivity contribution is 7.05. The van der Waals surface area contributed by atoms with Crippen LogP contribution in [0.3, 0.4) is 0 Å². The van der Waals surface area contributed by atoms with Crippen LogP contribution in [0.25, 0.3) is 0 Å². The Morgan fingerprint density at radius 3 is 2.67 bits per heavy atom. The second-order valence-corrected chi connectivity index (χ2v) is 4.32. The third-order valence-electron chi connectivity index (χ3n) is 1.86. The van der Waals surface area contributed by atoms with Gasteiger partial charge in [-0.15, -0.1) is 0 Å². The maximum Gasteiger partial charge on any atom is 0.0514 e. The average molecular weight is 184 g/mol. The summed E-state index contributed by atoms with van der Waals surface area (Å²) in [5, 5.41) is 0. The summed E-state index contributed by atoms with van der Waals surface area (Å²) < 4.78 is 4.25. The molecule has 0 aliphatic carbocycles. The van der Waals surface area contributed by atoms with Crippen LogP contribution in [0, 0.1) is 6.92 Å². The van der Waals surface area contributed by atoms with Crippen molar-refractivity contribution >= 4 is 11.5 Å². The second kappa shape index (κ2) is 4.01. The highest BCUT2D eigenvalue weighted by Crippen LogP contribution is 2.24. The van der Waals surface area contributed by atoms with Crippen LogP contribution >= 0.6 is 11.5 Å². The first-order chi connectivity index (χ1) is 5.59. The Morgan fingerprint density at radius 1 is 1.58 bits per heavy atom. The van der Waals surface area contributed by atoms with E-state index < -0.39 is 0 Å². The van der Waals surface area contributed by atoms with Crippen LogP contribution in [0.15, 0.2) is 6.07 Å². The largest absolute Gasteiger partial charge is 0.328 e. The van der Waals surface area contributed by atoms with Crippen molar-refractivity contribution in [2.75, 3.05) is 0 Å². The van der Waals surface area contributed by atoms with E-state index in [1.807, 2.05) is 13.8 Å². The lowest BCUT2D eigenvalue weighted by atomic mass is 10.0. The summed E-state index contributed by atoms with van der Waals surface area (Å²) in [7, 11) is 0. The zero-order chi connectivity index (χ0) is 9.14. The fourth-order valence-corrected chi connectivity index (χ4v) is 2.09. The van der Waals surface area contributed by atoms with Crippen LogP contribution in [0.2, 0.25) is 0 Å². The van der Waals surface area contributed by atoms with E-state index in [0.717, 1.165) is 12.1 Å². The molecule has 12 heavy (non-hydrogen) atoms. The summed E-state index contributed by atoms with van der Waals surface area (Å²) in [6.45, 7) is 6.28. The highest BCUT2D eigenvalue weighted by atomic mass is 32.1. The van der Waals surface area contributed by atoms with E-state index in [-0.39, 0.29) is 6.04 Å².